The number of benzene rings is 1. The summed E-state index contributed by atoms with van der Waals surface area (Å²) in [5.74, 6) is 0.0518. The van der Waals surface area contributed by atoms with Crippen molar-refractivity contribution in [3.63, 3.8) is 0 Å². The number of hydrogen-bond acceptors (Lipinski definition) is 3. The van der Waals surface area contributed by atoms with Gasteiger partial charge in [-0.3, -0.25) is 4.79 Å². The van der Waals surface area contributed by atoms with Gasteiger partial charge < -0.3 is 9.64 Å². The van der Waals surface area contributed by atoms with Gasteiger partial charge in [0.2, 0.25) is 0 Å². The molecule has 0 bridgehead atoms. The van der Waals surface area contributed by atoms with Crippen molar-refractivity contribution in [2.45, 2.75) is 44.8 Å². The molecule has 1 aromatic rings. The van der Waals surface area contributed by atoms with Gasteiger partial charge in [-0.1, -0.05) is 24.4 Å². The van der Waals surface area contributed by atoms with Crippen molar-refractivity contribution < 1.29 is 9.53 Å². The molecule has 1 heterocycles. The molecule has 2 unspecified atom stereocenters. The Morgan fingerprint density at radius 3 is 2.90 bits per heavy atom. The number of nitrogens with zero attached hydrogens (tertiary/aromatic N) is 1. The number of hydrogen-bond donors (Lipinski definition) is 0. The van der Waals surface area contributed by atoms with Crippen molar-refractivity contribution in [1.82, 2.24) is 0 Å². The zero-order valence-electron chi connectivity index (χ0n) is 11.8. The van der Waals surface area contributed by atoms with E-state index in [-0.39, 0.29) is 5.78 Å². The van der Waals surface area contributed by atoms with Crippen molar-refractivity contribution in [3.8, 4) is 0 Å². The molecule has 20 heavy (non-hydrogen) atoms. The van der Waals surface area contributed by atoms with Crippen LogP contribution in [0.2, 0.25) is 5.02 Å². The number of rotatable bonds is 2. The van der Waals surface area contributed by atoms with Crippen molar-refractivity contribution in [2.75, 3.05) is 18.1 Å². The molecule has 108 valence electrons. The summed E-state index contributed by atoms with van der Waals surface area (Å²) >= 11 is 6.40. The van der Waals surface area contributed by atoms with Crippen LogP contribution < -0.4 is 4.90 Å². The summed E-state index contributed by atoms with van der Waals surface area (Å²) < 4.78 is 5.90. The molecule has 0 amide bonds. The average Bonchev–Trinajstić information content (AvgIpc) is 2.46. The number of ketones is 1. The third kappa shape index (κ3) is 2.57. The molecular formula is C16H20ClNO2. The van der Waals surface area contributed by atoms with Gasteiger partial charge in [0.1, 0.15) is 0 Å². The van der Waals surface area contributed by atoms with E-state index in [1.165, 1.54) is 12.8 Å². The van der Waals surface area contributed by atoms with Gasteiger partial charge in [0.05, 0.1) is 29.5 Å². The predicted molar refractivity (Wildman–Crippen MR) is 80.8 cm³/mol. The number of halogens is 1. The van der Waals surface area contributed by atoms with Crippen LogP contribution in [-0.4, -0.2) is 31.1 Å². The number of fused-ring (bicyclic) bond motifs is 1. The molecule has 1 aliphatic heterocycles. The van der Waals surface area contributed by atoms with Crippen LogP contribution in [0.5, 0.6) is 0 Å². The molecule has 2 atom stereocenters. The second-order valence-electron chi connectivity index (χ2n) is 5.68. The Bertz CT molecular complexity index is 515. The Morgan fingerprint density at radius 2 is 2.15 bits per heavy atom. The lowest BCUT2D eigenvalue weighted by molar-refractivity contribution is -0.00867. The van der Waals surface area contributed by atoms with Gasteiger partial charge in [-0.25, -0.2) is 0 Å². The Balaban J connectivity index is 1.89. The van der Waals surface area contributed by atoms with E-state index in [4.69, 9.17) is 16.3 Å². The maximum atomic E-state index is 11.4. The first-order valence-electron chi connectivity index (χ1n) is 7.35. The Kier molecular flexibility index (Phi) is 3.99. The number of morpholine rings is 1. The van der Waals surface area contributed by atoms with Gasteiger partial charge in [0.25, 0.3) is 0 Å². The highest BCUT2D eigenvalue weighted by atomic mass is 35.5. The molecule has 4 heteroatoms. The maximum Gasteiger partial charge on any atom is 0.159 e. The van der Waals surface area contributed by atoms with Crippen LogP contribution >= 0.6 is 11.6 Å². The molecule has 1 aliphatic carbocycles. The first kappa shape index (κ1) is 13.9. The second-order valence-corrected chi connectivity index (χ2v) is 6.08. The molecule has 2 fully saturated rings. The smallest absolute Gasteiger partial charge is 0.159 e. The van der Waals surface area contributed by atoms with Crippen LogP contribution in [0.1, 0.15) is 43.0 Å². The molecule has 0 aromatic heterocycles. The lowest BCUT2D eigenvalue weighted by Crippen LogP contribution is -2.52. The monoisotopic (exact) mass is 293 g/mol. The summed E-state index contributed by atoms with van der Waals surface area (Å²) in [4.78, 5) is 13.8. The van der Waals surface area contributed by atoms with Crippen molar-refractivity contribution >= 4 is 23.1 Å². The zero-order valence-corrected chi connectivity index (χ0v) is 12.5. The third-order valence-corrected chi connectivity index (χ3v) is 4.70. The minimum absolute atomic E-state index is 0.0518. The van der Waals surface area contributed by atoms with Crippen molar-refractivity contribution in [1.29, 1.82) is 0 Å². The highest BCUT2D eigenvalue weighted by molar-refractivity contribution is 6.33. The van der Waals surface area contributed by atoms with E-state index >= 15 is 0 Å². The fourth-order valence-electron chi connectivity index (χ4n) is 3.35. The van der Waals surface area contributed by atoms with E-state index in [1.807, 2.05) is 12.1 Å². The van der Waals surface area contributed by atoms with Crippen molar-refractivity contribution in [3.05, 3.63) is 28.8 Å². The quantitative estimate of drug-likeness (QED) is 0.779. The first-order valence-corrected chi connectivity index (χ1v) is 7.73. The van der Waals surface area contributed by atoms with E-state index in [0.29, 0.717) is 22.7 Å². The average molecular weight is 294 g/mol. The summed E-state index contributed by atoms with van der Waals surface area (Å²) in [6.07, 6.45) is 5.15. The largest absolute Gasteiger partial charge is 0.374 e. The molecule has 2 aliphatic rings. The maximum absolute atomic E-state index is 11.4. The molecule has 3 nitrogen and oxygen atoms in total. The van der Waals surface area contributed by atoms with Crippen LogP contribution in [-0.2, 0) is 4.74 Å². The SMILES string of the molecule is CC(=O)c1ccc(N2CCOC3CCCCC32)c(Cl)c1. The molecule has 3 rings (SSSR count). The minimum atomic E-state index is 0.0518. The Hall–Kier alpha value is -1.06. The third-order valence-electron chi connectivity index (χ3n) is 4.40. The number of carbonyl (C=O) groups excluding carboxylic acids is 1. The molecule has 0 N–H and O–H groups in total. The van der Waals surface area contributed by atoms with Crippen LogP contribution in [0.4, 0.5) is 5.69 Å². The fourth-order valence-corrected chi connectivity index (χ4v) is 3.64. The van der Waals surface area contributed by atoms with Gasteiger partial charge in [-0.15, -0.1) is 0 Å². The Morgan fingerprint density at radius 1 is 1.35 bits per heavy atom. The molecule has 0 spiro atoms. The first-order chi connectivity index (χ1) is 9.66. The molecular weight excluding hydrogens is 274 g/mol. The standard InChI is InChI=1S/C16H20ClNO2/c1-11(19)12-6-7-14(13(17)10-12)18-8-9-20-16-5-3-2-4-15(16)18/h6-7,10,15-16H,2-5,8-9H2,1H3. The van der Waals surface area contributed by atoms with Gasteiger partial charge in [-0.2, -0.15) is 0 Å². The van der Waals surface area contributed by atoms with E-state index in [9.17, 15) is 4.79 Å². The number of Topliss-reactive ketones (excluding diaryl/α,β-unsaturated/α-hetero) is 1. The minimum Gasteiger partial charge on any atom is -0.374 e. The molecule has 0 radical (unpaired) electrons. The summed E-state index contributed by atoms with van der Waals surface area (Å²) in [6.45, 7) is 3.20. The second kappa shape index (κ2) is 5.74. The molecule has 1 saturated heterocycles. The predicted octanol–water partition coefficient (Wildman–Crippen LogP) is 3.69. The summed E-state index contributed by atoms with van der Waals surface area (Å²) in [5, 5.41) is 0.670. The van der Waals surface area contributed by atoms with Crippen LogP contribution in [0, 0.1) is 0 Å². The molecule has 1 saturated carbocycles. The lowest BCUT2D eigenvalue weighted by Gasteiger charge is -2.45. The van der Waals surface area contributed by atoms with E-state index in [1.54, 1.807) is 13.0 Å². The fraction of sp³-hybridized carbons (Fsp3) is 0.562. The van der Waals surface area contributed by atoms with E-state index < -0.39 is 0 Å². The number of carbonyl (C=O) groups is 1. The van der Waals surface area contributed by atoms with Gasteiger partial charge in [-0.05, 0) is 38.0 Å². The number of ether oxygens (including phenoxy) is 1. The summed E-state index contributed by atoms with van der Waals surface area (Å²) in [6, 6.07) is 6.07. The van der Waals surface area contributed by atoms with Crippen LogP contribution in [0.3, 0.4) is 0 Å². The van der Waals surface area contributed by atoms with Crippen molar-refractivity contribution in [2.24, 2.45) is 0 Å². The van der Waals surface area contributed by atoms with Gasteiger partial charge in [0.15, 0.2) is 5.78 Å². The van der Waals surface area contributed by atoms with Gasteiger partial charge in [0, 0.05) is 12.1 Å². The van der Waals surface area contributed by atoms with Crippen LogP contribution in [0.25, 0.3) is 0 Å². The highest BCUT2D eigenvalue weighted by Gasteiger charge is 2.35. The highest BCUT2D eigenvalue weighted by Crippen LogP contribution is 2.35. The normalized spacial score (nSPS) is 26.2. The molecule has 1 aromatic carbocycles. The van der Waals surface area contributed by atoms with Crippen LogP contribution in [0.15, 0.2) is 18.2 Å². The van der Waals surface area contributed by atoms with E-state index in [2.05, 4.69) is 4.90 Å². The number of anilines is 1. The summed E-state index contributed by atoms with van der Waals surface area (Å²) in [7, 11) is 0. The topological polar surface area (TPSA) is 29.5 Å². The van der Waals surface area contributed by atoms with Gasteiger partial charge >= 0.3 is 0 Å². The summed E-state index contributed by atoms with van der Waals surface area (Å²) in [5.41, 5.74) is 1.71. The van der Waals surface area contributed by atoms with E-state index in [0.717, 1.165) is 31.7 Å². The zero-order chi connectivity index (χ0) is 14.1. The lowest BCUT2D eigenvalue weighted by atomic mass is 9.89. The Labute approximate surface area is 124 Å².